The quantitative estimate of drug-likeness (QED) is 0.701. The number of aliphatic hydroxyl groups is 1. The van der Waals surface area contributed by atoms with Gasteiger partial charge in [0.15, 0.2) is 5.67 Å². The molecular formula is C8H10FN3O. The Bertz CT molecular complexity index is 287. The summed E-state index contributed by atoms with van der Waals surface area (Å²) in [5.41, 5.74) is -1.46. The fraction of sp³-hybridized carbons (Fsp3) is 0.500. The van der Waals surface area contributed by atoms with Crippen molar-refractivity contribution in [2.75, 3.05) is 24.6 Å². The summed E-state index contributed by atoms with van der Waals surface area (Å²) < 4.78 is 13.2. The van der Waals surface area contributed by atoms with Gasteiger partial charge < -0.3 is 10.0 Å². The maximum atomic E-state index is 13.2. The number of aliphatic hydroxyl groups excluding tert-OH is 1. The van der Waals surface area contributed by atoms with Crippen LogP contribution in [0.4, 0.5) is 10.3 Å². The lowest BCUT2D eigenvalue weighted by molar-refractivity contribution is 0.0435. The van der Waals surface area contributed by atoms with E-state index in [1.165, 1.54) is 0 Å². The minimum absolute atomic E-state index is 0.174. The third kappa shape index (κ3) is 1.47. The number of hydrogen-bond donors (Lipinski definition) is 1. The number of anilines is 1. The Hall–Kier alpha value is -1.23. The van der Waals surface area contributed by atoms with E-state index in [0.717, 1.165) is 0 Å². The average Bonchev–Trinajstić information content (AvgIpc) is 2.14. The van der Waals surface area contributed by atoms with Gasteiger partial charge in [0, 0.05) is 12.4 Å². The first kappa shape index (κ1) is 8.37. The molecule has 4 nitrogen and oxygen atoms in total. The van der Waals surface area contributed by atoms with Crippen molar-refractivity contribution < 1.29 is 9.50 Å². The maximum Gasteiger partial charge on any atom is 0.225 e. The van der Waals surface area contributed by atoms with Crippen molar-refractivity contribution in [3.05, 3.63) is 18.5 Å². The molecule has 0 amide bonds. The molecule has 1 aromatic heterocycles. The van der Waals surface area contributed by atoms with Gasteiger partial charge in [0.1, 0.15) is 0 Å². The molecular weight excluding hydrogens is 173 g/mol. The highest BCUT2D eigenvalue weighted by Crippen LogP contribution is 2.27. The van der Waals surface area contributed by atoms with Crippen molar-refractivity contribution >= 4 is 5.95 Å². The average molecular weight is 183 g/mol. The molecule has 2 rings (SSSR count). The lowest BCUT2D eigenvalue weighted by atomic mass is 9.98. The minimum atomic E-state index is -1.46. The van der Waals surface area contributed by atoms with Gasteiger partial charge in [-0.2, -0.15) is 0 Å². The molecule has 1 N–H and O–H groups in total. The minimum Gasteiger partial charge on any atom is -0.393 e. The molecule has 0 unspecified atom stereocenters. The van der Waals surface area contributed by atoms with Crippen LogP contribution in [0.2, 0.25) is 0 Å². The van der Waals surface area contributed by atoms with Gasteiger partial charge in [-0.25, -0.2) is 14.4 Å². The predicted octanol–water partition coefficient (Wildman–Crippen LogP) is -0.00280. The zero-order valence-electron chi connectivity index (χ0n) is 7.02. The number of aromatic nitrogens is 2. The van der Waals surface area contributed by atoms with Crippen LogP contribution in [-0.2, 0) is 0 Å². The summed E-state index contributed by atoms with van der Waals surface area (Å²) in [7, 11) is 0. The highest BCUT2D eigenvalue weighted by molar-refractivity contribution is 5.36. The van der Waals surface area contributed by atoms with Crippen molar-refractivity contribution in [1.82, 2.24) is 9.97 Å². The normalized spacial score (nSPS) is 19.7. The van der Waals surface area contributed by atoms with Crippen molar-refractivity contribution in [3.8, 4) is 0 Å². The van der Waals surface area contributed by atoms with E-state index in [-0.39, 0.29) is 13.1 Å². The SMILES string of the molecule is OCC1(F)CN(c2ncccn2)C1. The van der Waals surface area contributed by atoms with Crippen LogP contribution in [0.15, 0.2) is 18.5 Å². The largest absolute Gasteiger partial charge is 0.393 e. The summed E-state index contributed by atoms with van der Waals surface area (Å²) in [6.45, 7) is -0.0860. The van der Waals surface area contributed by atoms with Crippen LogP contribution >= 0.6 is 0 Å². The molecule has 13 heavy (non-hydrogen) atoms. The van der Waals surface area contributed by atoms with E-state index in [0.29, 0.717) is 5.95 Å². The molecule has 70 valence electrons. The van der Waals surface area contributed by atoms with Crippen LogP contribution in [0.25, 0.3) is 0 Å². The van der Waals surface area contributed by atoms with Crippen LogP contribution in [0.1, 0.15) is 0 Å². The molecule has 2 heterocycles. The van der Waals surface area contributed by atoms with Gasteiger partial charge in [0.05, 0.1) is 19.7 Å². The predicted molar refractivity (Wildman–Crippen MR) is 45.2 cm³/mol. The standard InChI is InChI=1S/C8H10FN3O/c9-8(6-13)4-12(5-8)7-10-2-1-3-11-7/h1-3,13H,4-6H2. The van der Waals surface area contributed by atoms with Crippen LogP contribution < -0.4 is 4.90 Å². The Kier molecular flexibility index (Phi) is 1.88. The molecule has 1 aromatic rings. The smallest absolute Gasteiger partial charge is 0.225 e. The first-order chi connectivity index (χ1) is 6.23. The molecule has 0 aliphatic carbocycles. The van der Waals surface area contributed by atoms with Crippen molar-refractivity contribution in [3.63, 3.8) is 0 Å². The second kappa shape index (κ2) is 2.92. The van der Waals surface area contributed by atoms with E-state index < -0.39 is 12.3 Å². The Morgan fingerprint density at radius 1 is 1.46 bits per heavy atom. The molecule has 1 aliphatic rings. The summed E-state index contributed by atoms with van der Waals surface area (Å²) in [5, 5.41) is 8.67. The molecule has 0 radical (unpaired) electrons. The summed E-state index contributed by atoms with van der Waals surface area (Å²) in [6.07, 6.45) is 3.22. The third-order valence-electron chi connectivity index (χ3n) is 2.07. The van der Waals surface area contributed by atoms with Crippen LogP contribution in [0.5, 0.6) is 0 Å². The molecule has 1 saturated heterocycles. The molecule has 1 fully saturated rings. The summed E-state index contributed by atoms with van der Waals surface area (Å²) in [4.78, 5) is 9.62. The van der Waals surface area contributed by atoms with Gasteiger partial charge in [-0.05, 0) is 6.07 Å². The molecule has 0 spiro atoms. The number of nitrogens with zero attached hydrogens (tertiary/aromatic N) is 3. The molecule has 0 atom stereocenters. The number of hydrogen-bond acceptors (Lipinski definition) is 4. The fourth-order valence-corrected chi connectivity index (χ4v) is 1.33. The second-order valence-corrected chi connectivity index (χ2v) is 3.21. The third-order valence-corrected chi connectivity index (χ3v) is 2.07. The Morgan fingerprint density at radius 2 is 2.08 bits per heavy atom. The van der Waals surface area contributed by atoms with E-state index >= 15 is 0 Å². The lowest BCUT2D eigenvalue weighted by Crippen LogP contribution is -2.61. The Balaban J connectivity index is 2.01. The van der Waals surface area contributed by atoms with E-state index in [2.05, 4.69) is 9.97 Å². The van der Waals surface area contributed by atoms with E-state index in [9.17, 15) is 4.39 Å². The summed E-state index contributed by atoms with van der Waals surface area (Å²) in [6, 6.07) is 1.71. The van der Waals surface area contributed by atoms with Crippen LogP contribution in [0, 0.1) is 0 Å². The van der Waals surface area contributed by atoms with Crippen molar-refractivity contribution in [2.45, 2.75) is 5.67 Å². The van der Waals surface area contributed by atoms with Gasteiger partial charge in [-0.1, -0.05) is 0 Å². The summed E-state index contributed by atoms with van der Waals surface area (Å²) >= 11 is 0. The van der Waals surface area contributed by atoms with E-state index in [1.54, 1.807) is 23.4 Å². The molecule has 1 aliphatic heterocycles. The Morgan fingerprint density at radius 3 is 2.62 bits per heavy atom. The number of alkyl halides is 1. The number of rotatable bonds is 2. The fourth-order valence-electron chi connectivity index (χ4n) is 1.33. The highest BCUT2D eigenvalue weighted by Gasteiger charge is 2.44. The zero-order valence-corrected chi connectivity index (χ0v) is 7.02. The van der Waals surface area contributed by atoms with Gasteiger partial charge in [0.2, 0.25) is 5.95 Å². The molecule has 5 heteroatoms. The lowest BCUT2D eigenvalue weighted by Gasteiger charge is -2.43. The van der Waals surface area contributed by atoms with Crippen LogP contribution in [0.3, 0.4) is 0 Å². The molecule has 0 bridgehead atoms. The monoisotopic (exact) mass is 183 g/mol. The topological polar surface area (TPSA) is 49.2 Å². The van der Waals surface area contributed by atoms with Crippen molar-refractivity contribution in [1.29, 1.82) is 0 Å². The van der Waals surface area contributed by atoms with Gasteiger partial charge in [-0.15, -0.1) is 0 Å². The zero-order chi connectivity index (χ0) is 9.31. The van der Waals surface area contributed by atoms with Crippen molar-refractivity contribution in [2.24, 2.45) is 0 Å². The number of halogens is 1. The van der Waals surface area contributed by atoms with E-state index in [4.69, 9.17) is 5.11 Å². The Labute approximate surface area is 75.0 Å². The van der Waals surface area contributed by atoms with E-state index in [1.807, 2.05) is 0 Å². The first-order valence-corrected chi connectivity index (χ1v) is 4.05. The van der Waals surface area contributed by atoms with Crippen LogP contribution in [-0.4, -0.2) is 40.4 Å². The van der Waals surface area contributed by atoms with Gasteiger partial charge in [0.25, 0.3) is 0 Å². The molecule has 0 aromatic carbocycles. The second-order valence-electron chi connectivity index (χ2n) is 3.21. The maximum absolute atomic E-state index is 13.2. The highest BCUT2D eigenvalue weighted by atomic mass is 19.1. The molecule has 0 saturated carbocycles. The van der Waals surface area contributed by atoms with Gasteiger partial charge >= 0.3 is 0 Å². The first-order valence-electron chi connectivity index (χ1n) is 4.05. The summed E-state index contributed by atoms with van der Waals surface area (Å²) in [5.74, 6) is 0.518. The van der Waals surface area contributed by atoms with Gasteiger partial charge in [-0.3, -0.25) is 0 Å².